The van der Waals surface area contributed by atoms with E-state index in [1.165, 1.54) is 11.3 Å². The molecule has 3 nitrogen and oxygen atoms in total. The van der Waals surface area contributed by atoms with Gasteiger partial charge >= 0.3 is 0 Å². The summed E-state index contributed by atoms with van der Waals surface area (Å²) in [4.78, 5) is 0.782. The Hall–Kier alpha value is -1.55. The number of methoxy groups -OCH3 is 1. The predicted molar refractivity (Wildman–Crippen MR) is 59.4 cm³/mol. The third-order valence-electron chi connectivity index (χ3n) is 2.01. The number of benzene rings is 1. The first kappa shape index (κ1) is 9.02. The van der Waals surface area contributed by atoms with Crippen molar-refractivity contribution < 1.29 is 4.74 Å². The van der Waals surface area contributed by atoms with Crippen LogP contribution in [0.1, 0.15) is 4.88 Å². The maximum atomic E-state index is 7.34. The first-order valence-electron chi connectivity index (χ1n) is 4.13. The van der Waals surface area contributed by atoms with E-state index in [9.17, 15) is 0 Å². The van der Waals surface area contributed by atoms with E-state index in [0.29, 0.717) is 0 Å². The Balaban J connectivity index is 2.70. The number of hydrogen-bond acceptors (Lipinski definition) is 3. The first-order chi connectivity index (χ1) is 6.72. The third kappa shape index (κ3) is 1.33. The Bertz CT molecular complexity index is 490. The van der Waals surface area contributed by atoms with Crippen molar-refractivity contribution in [2.75, 3.05) is 7.11 Å². The summed E-state index contributed by atoms with van der Waals surface area (Å²) in [6, 6.07) is 7.72. The fourth-order valence-corrected chi connectivity index (χ4v) is 2.28. The zero-order chi connectivity index (χ0) is 10.1. The van der Waals surface area contributed by atoms with Crippen molar-refractivity contribution in [3.05, 3.63) is 29.1 Å². The normalized spacial score (nSPS) is 10.4. The molecule has 14 heavy (non-hydrogen) atoms. The number of rotatable bonds is 2. The van der Waals surface area contributed by atoms with Crippen LogP contribution < -0.4 is 10.5 Å². The minimum absolute atomic E-state index is 0.105. The van der Waals surface area contributed by atoms with E-state index in [0.717, 1.165) is 20.7 Å². The van der Waals surface area contributed by atoms with Gasteiger partial charge in [0, 0.05) is 10.1 Å². The van der Waals surface area contributed by atoms with Gasteiger partial charge in [-0.2, -0.15) is 0 Å². The summed E-state index contributed by atoms with van der Waals surface area (Å²) < 4.78 is 6.31. The number of amidine groups is 1. The van der Waals surface area contributed by atoms with Gasteiger partial charge in [0.1, 0.15) is 11.6 Å². The molecular formula is C10H10N2OS. The highest BCUT2D eigenvalue weighted by Crippen LogP contribution is 2.32. The van der Waals surface area contributed by atoms with E-state index in [2.05, 4.69) is 0 Å². The van der Waals surface area contributed by atoms with Gasteiger partial charge in [-0.1, -0.05) is 6.07 Å². The SMILES string of the molecule is COc1cccc2sc(C(=N)N)cc12. The van der Waals surface area contributed by atoms with Crippen molar-refractivity contribution in [1.29, 1.82) is 5.41 Å². The van der Waals surface area contributed by atoms with E-state index in [1.807, 2.05) is 24.3 Å². The molecular weight excluding hydrogens is 196 g/mol. The monoisotopic (exact) mass is 206 g/mol. The maximum absolute atomic E-state index is 7.34. The zero-order valence-electron chi connectivity index (χ0n) is 7.70. The molecule has 72 valence electrons. The third-order valence-corrected chi connectivity index (χ3v) is 3.14. The van der Waals surface area contributed by atoms with Crippen LogP contribution in [0.15, 0.2) is 24.3 Å². The largest absolute Gasteiger partial charge is 0.496 e. The topological polar surface area (TPSA) is 59.1 Å². The number of nitrogen functional groups attached to an aromatic ring is 1. The van der Waals surface area contributed by atoms with E-state index in [4.69, 9.17) is 15.9 Å². The molecule has 4 heteroatoms. The lowest BCUT2D eigenvalue weighted by atomic mass is 10.2. The van der Waals surface area contributed by atoms with Crippen LogP contribution in [0.2, 0.25) is 0 Å². The zero-order valence-corrected chi connectivity index (χ0v) is 8.52. The molecule has 0 atom stereocenters. The molecule has 0 fully saturated rings. The second kappa shape index (κ2) is 3.31. The van der Waals surface area contributed by atoms with Crippen LogP contribution in [-0.2, 0) is 0 Å². The van der Waals surface area contributed by atoms with Gasteiger partial charge in [-0.15, -0.1) is 11.3 Å². The van der Waals surface area contributed by atoms with Crippen molar-refractivity contribution >= 4 is 27.3 Å². The van der Waals surface area contributed by atoms with Gasteiger partial charge in [-0.3, -0.25) is 5.41 Å². The first-order valence-corrected chi connectivity index (χ1v) is 4.95. The average Bonchev–Trinajstić information content (AvgIpc) is 2.60. The fraction of sp³-hybridized carbons (Fsp3) is 0.100. The molecule has 0 radical (unpaired) electrons. The number of nitrogens with two attached hydrogens (primary N) is 1. The number of ether oxygens (including phenoxy) is 1. The van der Waals surface area contributed by atoms with Gasteiger partial charge in [-0.25, -0.2) is 0 Å². The number of fused-ring (bicyclic) bond motifs is 1. The van der Waals surface area contributed by atoms with Crippen molar-refractivity contribution in [3.63, 3.8) is 0 Å². The van der Waals surface area contributed by atoms with Crippen LogP contribution in [0.25, 0.3) is 10.1 Å². The molecule has 1 heterocycles. The van der Waals surface area contributed by atoms with Gasteiger partial charge in [0.05, 0.1) is 12.0 Å². The Kier molecular flexibility index (Phi) is 2.13. The molecule has 0 aliphatic heterocycles. The molecule has 2 aromatic rings. The van der Waals surface area contributed by atoms with Crippen LogP contribution in [0.5, 0.6) is 5.75 Å². The van der Waals surface area contributed by atoms with E-state index in [-0.39, 0.29) is 5.84 Å². The summed E-state index contributed by atoms with van der Waals surface area (Å²) in [6.45, 7) is 0. The van der Waals surface area contributed by atoms with Gasteiger partial charge in [0.25, 0.3) is 0 Å². The summed E-state index contributed by atoms with van der Waals surface area (Å²) in [5.74, 6) is 0.930. The van der Waals surface area contributed by atoms with Crippen LogP contribution in [0.3, 0.4) is 0 Å². The molecule has 0 saturated heterocycles. The maximum Gasteiger partial charge on any atom is 0.133 e. The number of thiophene rings is 1. The second-order valence-corrected chi connectivity index (χ2v) is 3.98. The molecule has 0 amide bonds. The number of nitrogens with one attached hydrogen (secondary N) is 1. The van der Waals surface area contributed by atoms with Crippen LogP contribution in [0.4, 0.5) is 0 Å². The van der Waals surface area contributed by atoms with Gasteiger partial charge in [-0.05, 0) is 18.2 Å². The van der Waals surface area contributed by atoms with Crippen molar-refractivity contribution in [2.24, 2.45) is 5.73 Å². The molecule has 2 rings (SSSR count). The van der Waals surface area contributed by atoms with E-state index >= 15 is 0 Å². The van der Waals surface area contributed by atoms with Gasteiger partial charge in [0.2, 0.25) is 0 Å². The Labute approximate surface area is 85.6 Å². The van der Waals surface area contributed by atoms with E-state index in [1.54, 1.807) is 7.11 Å². The fourth-order valence-electron chi connectivity index (χ4n) is 1.34. The highest BCUT2D eigenvalue weighted by molar-refractivity contribution is 7.20. The minimum atomic E-state index is 0.105. The summed E-state index contributed by atoms with van der Waals surface area (Å²) >= 11 is 1.51. The van der Waals surface area contributed by atoms with Crippen LogP contribution in [0, 0.1) is 5.41 Å². The lowest BCUT2D eigenvalue weighted by Gasteiger charge is -1.99. The quantitative estimate of drug-likeness (QED) is 0.584. The average molecular weight is 206 g/mol. The molecule has 1 aromatic carbocycles. The molecule has 0 unspecified atom stereocenters. The molecule has 0 aliphatic carbocycles. The highest BCUT2D eigenvalue weighted by atomic mass is 32.1. The standard InChI is InChI=1S/C10H10N2OS/c1-13-7-3-2-4-8-6(7)5-9(14-8)10(11)12/h2-5H,1H3,(H3,11,12). The van der Waals surface area contributed by atoms with Crippen molar-refractivity contribution in [2.45, 2.75) is 0 Å². The number of hydrogen-bond donors (Lipinski definition) is 2. The van der Waals surface area contributed by atoms with Crippen LogP contribution >= 0.6 is 11.3 Å². The predicted octanol–water partition coefficient (Wildman–Crippen LogP) is 2.19. The summed E-state index contributed by atoms with van der Waals surface area (Å²) in [5, 5.41) is 8.36. The van der Waals surface area contributed by atoms with Crippen molar-refractivity contribution in [1.82, 2.24) is 0 Å². The molecule has 0 spiro atoms. The molecule has 0 saturated carbocycles. The second-order valence-electron chi connectivity index (χ2n) is 2.90. The summed E-state index contributed by atoms with van der Waals surface area (Å²) in [7, 11) is 1.64. The summed E-state index contributed by atoms with van der Waals surface area (Å²) in [6.07, 6.45) is 0. The Morgan fingerprint density at radius 1 is 1.50 bits per heavy atom. The molecule has 0 bridgehead atoms. The smallest absolute Gasteiger partial charge is 0.133 e. The molecule has 3 N–H and O–H groups in total. The van der Waals surface area contributed by atoms with Gasteiger partial charge in [0.15, 0.2) is 0 Å². The summed E-state index contributed by atoms with van der Waals surface area (Å²) in [5.41, 5.74) is 5.42. The molecule has 1 aromatic heterocycles. The highest BCUT2D eigenvalue weighted by Gasteiger charge is 2.07. The van der Waals surface area contributed by atoms with E-state index < -0.39 is 0 Å². The lowest BCUT2D eigenvalue weighted by molar-refractivity contribution is 0.420. The van der Waals surface area contributed by atoms with Crippen LogP contribution in [-0.4, -0.2) is 12.9 Å². The van der Waals surface area contributed by atoms with Gasteiger partial charge < -0.3 is 10.5 Å². The lowest BCUT2D eigenvalue weighted by Crippen LogP contribution is -2.08. The molecule has 0 aliphatic rings. The van der Waals surface area contributed by atoms with Crippen molar-refractivity contribution in [3.8, 4) is 5.75 Å². The minimum Gasteiger partial charge on any atom is -0.496 e. The Morgan fingerprint density at radius 3 is 2.93 bits per heavy atom. The Morgan fingerprint density at radius 2 is 2.29 bits per heavy atom.